The van der Waals surface area contributed by atoms with E-state index in [2.05, 4.69) is 15.5 Å². The highest BCUT2D eigenvalue weighted by Crippen LogP contribution is 2.27. The molecule has 0 atom stereocenters. The van der Waals surface area contributed by atoms with Gasteiger partial charge in [-0.05, 0) is 32.0 Å². The summed E-state index contributed by atoms with van der Waals surface area (Å²) in [6.45, 7) is 5.33. The van der Waals surface area contributed by atoms with Crippen LogP contribution in [0, 0.1) is 5.82 Å². The van der Waals surface area contributed by atoms with E-state index < -0.39 is 0 Å². The van der Waals surface area contributed by atoms with Crippen molar-refractivity contribution in [2.24, 2.45) is 0 Å². The highest BCUT2D eigenvalue weighted by Gasteiger charge is 2.12. The van der Waals surface area contributed by atoms with Crippen molar-refractivity contribution < 1.29 is 9.18 Å². The molecule has 0 saturated carbocycles. The summed E-state index contributed by atoms with van der Waals surface area (Å²) >= 11 is 2.70. The maximum Gasteiger partial charge on any atom is 0.233 e. The van der Waals surface area contributed by atoms with Crippen LogP contribution in [0.2, 0.25) is 0 Å². The number of nitrogens with zero attached hydrogens (tertiary/aromatic N) is 3. The maximum atomic E-state index is 13.1. The van der Waals surface area contributed by atoms with Gasteiger partial charge in [-0.25, -0.2) is 4.39 Å². The Kier molecular flexibility index (Phi) is 6.14. The van der Waals surface area contributed by atoms with Crippen LogP contribution < -0.4 is 5.32 Å². The molecule has 2 aromatic rings. The van der Waals surface area contributed by atoms with E-state index in [9.17, 15) is 9.18 Å². The van der Waals surface area contributed by atoms with Crippen molar-refractivity contribution >= 4 is 39.8 Å². The second kappa shape index (κ2) is 8.09. The summed E-state index contributed by atoms with van der Waals surface area (Å²) in [4.78, 5) is 13.7. The molecule has 0 radical (unpaired) electrons. The molecule has 0 aliphatic heterocycles. The summed E-state index contributed by atoms with van der Waals surface area (Å²) in [5, 5.41) is 11.6. The first-order valence-electron chi connectivity index (χ1n) is 6.89. The number of benzene rings is 1. The number of carbonyl (C=O) groups is 1. The van der Waals surface area contributed by atoms with E-state index in [1.165, 1.54) is 35.2 Å². The number of halogens is 1. The summed E-state index contributed by atoms with van der Waals surface area (Å²) in [6, 6.07) is 6.14. The molecule has 0 aliphatic rings. The number of amides is 1. The molecule has 2 rings (SSSR count). The van der Waals surface area contributed by atoms with E-state index in [-0.39, 0.29) is 11.7 Å². The molecule has 118 valence electrons. The first kappa shape index (κ1) is 16.7. The van der Waals surface area contributed by atoms with Gasteiger partial charge in [0.05, 0.1) is 5.75 Å². The van der Waals surface area contributed by atoms with Gasteiger partial charge in [0.25, 0.3) is 0 Å². The third kappa shape index (κ3) is 4.67. The summed E-state index contributed by atoms with van der Waals surface area (Å²) in [5.74, 6) is 0.120. The molecule has 0 spiro atoms. The molecule has 0 fully saturated rings. The average molecular weight is 340 g/mol. The molecule has 1 amide bonds. The molecule has 1 aromatic heterocycles. The lowest BCUT2D eigenvalue weighted by Crippen LogP contribution is -2.31. The molecule has 1 N–H and O–H groups in total. The third-order valence-corrected chi connectivity index (χ3v) is 4.87. The van der Waals surface area contributed by atoms with Gasteiger partial charge in [0.1, 0.15) is 5.82 Å². The van der Waals surface area contributed by atoms with Crippen LogP contribution >= 0.6 is 23.1 Å². The van der Waals surface area contributed by atoms with Crippen LogP contribution in [0.15, 0.2) is 28.6 Å². The molecule has 0 aliphatic carbocycles. The SMILES string of the molecule is CCN(CC)C(=O)CSc1nnc(Nc2cccc(F)c2)s1. The zero-order valence-electron chi connectivity index (χ0n) is 12.4. The minimum atomic E-state index is -0.311. The molecule has 8 heteroatoms. The smallest absolute Gasteiger partial charge is 0.233 e. The number of thioether (sulfide) groups is 1. The van der Waals surface area contributed by atoms with Crippen molar-refractivity contribution in [1.29, 1.82) is 0 Å². The van der Waals surface area contributed by atoms with Crippen LogP contribution in [0.25, 0.3) is 0 Å². The highest BCUT2D eigenvalue weighted by atomic mass is 32.2. The summed E-state index contributed by atoms with van der Waals surface area (Å²) in [6.07, 6.45) is 0. The summed E-state index contributed by atoms with van der Waals surface area (Å²) in [5.41, 5.74) is 0.618. The van der Waals surface area contributed by atoms with E-state index in [4.69, 9.17) is 0 Å². The normalized spacial score (nSPS) is 10.5. The van der Waals surface area contributed by atoms with Gasteiger partial charge in [-0.3, -0.25) is 4.79 Å². The number of hydrogen-bond acceptors (Lipinski definition) is 6. The van der Waals surface area contributed by atoms with Gasteiger partial charge in [0, 0.05) is 18.8 Å². The van der Waals surface area contributed by atoms with Crippen molar-refractivity contribution in [3.05, 3.63) is 30.1 Å². The zero-order valence-corrected chi connectivity index (χ0v) is 14.0. The number of anilines is 2. The fourth-order valence-electron chi connectivity index (χ4n) is 1.80. The molecule has 0 saturated heterocycles. The van der Waals surface area contributed by atoms with Gasteiger partial charge >= 0.3 is 0 Å². The molecule has 22 heavy (non-hydrogen) atoms. The molecule has 0 bridgehead atoms. The van der Waals surface area contributed by atoms with E-state index in [0.717, 1.165) is 0 Å². The number of nitrogens with one attached hydrogen (secondary N) is 1. The van der Waals surface area contributed by atoms with E-state index in [1.807, 2.05) is 13.8 Å². The Hall–Kier alpha value is -1.67. The van der Waals surface area contributed by atoms with Crippen molar-refractivity contribution in [2.75, 3.05) is 24.2 Å². The molecule has 0 unspecified atom stereocenters. The van der Waals surface area contributed by atoms with Crippen LogP contribution in [-0.2, 0) is 4.79 Å². The number of hydrogen-bond donors (Lipinski definition) is 1. The third-order valence-electron chi connectivity index (χ3n) is 2.92. The fourth-order valence-corrected chi connectivity index (χ4v) is 3.47. The monoisotopic (exact) mass is 340 g/mol. The van der Waals surface area contributed by atoms with Gasteiger partial charge in [0.2, 0.25) is 11.0 Å². The van der Waals surface area contributed by atoms with E-state index in [0.29, 0.717) is 34.0 Å². The summed E-state index contributed by atoms with van der Waals surface area (Å²) in [7, 11) is 0. The largest absolute Gasteiger partial charge is 0.343 e. The van der Waals surface area contributed by atoms with Crippen molar-refractivity contribution in [3.8, 4) is 0 Å². The van der Waals surface area contributed by atoms with Crippen molar-refractivity contribution in [3.63, 3.8) is 0 Å². The lowest BCUT2D eigenvalue weighted by atomic mass is 10.3. The van der Waals surface area contributed by atoms with Crippen LogP contribution in [0.3, 0.4) is 0 Å². The lowest BCUT2D eigenvalue weighted by molar-refractivity contribution is -0.127. The van der Waals surface area contributed by atoms with Crippen LogP contribution in [0.4, 0.5) is 15.2 Å². The average Bonchev–Trinajstić information content (AvgIpc) is 2.94. The van der Waals surface area contributed by atoms with E-state index in [1.54, 1.807) is 17.0 Å². The Balaban J connectivity index is 1.90. The van der Waals surface area contributed by atoms with Crippen LogP contribution in [0.5, 0.6) is 0 Å². The van der Waals surface area contributed by atoms with Gasteiger partial charge in [-0.2, -0.15) is 0 Å². The standard InChI is InChI=1S/C14H17FN4OS2/c1-3-19(4-2)12(20)9-21-14-18-17-13(22-14)16-11-7-5-6-10(15)8-11/h5-8H,3-4,9H2,1-2H3,(H,16,17). The predicted octanol–water partition coefficient (Wildman–Crippen LogP) is 3.38. The Labute approximate surface area is 136 Å². The van der Waals surface area contributed by atoms with Crippen LogP contribution in [0.1, 0.15) is 13.8 Å². The van der Waals surface area contributed by atoms with E-state index >= 15 is 0 Å². The highest BCUT2D eigenvalue weighted by molar-refractivity contribution is 8.01. The summed E-state index contributed by atoms with van der Waals surface area (Å²) < 4.78 is 13.8. The van der Waals surface area contributed by atoms with Gasteiger partial charge < -0.3 is 10.2 Å². The van der Waals surface area contributed by atoms with Crippen molar-refractivity contribution in [2.45, 2.75) is 18.2 Å². The quantitative estimate of drug-likeness (QED) is 0.783. The maximum absolute atomic E-state index is 13.1. The second-order valence-corrected chi connectivity index (χ2v) is 6.56. The van der Waals surface area contributed by atoms with Crippen molar-refractivity contribution in [1.82, 2.24) is 15.1 Å². The van der Waals surface area contributed by atoms with Gasteiger partial charge in [0.15, 0.2) is 4.34 Å². The Morgan fingerprint density at radius 2 is 2.14 bits per heavy atom. The van der Waals surface area contributed by atoms with Crippen LogP contribution in [-0.4, -0.2) is 39.8 Å². The Morgan fingerprint density at radius 1 is 1.36 bits per heavy atom. The fraction of sp³-hybridized carbons (Fsp3) is 0.357. The molecular weight excluding hydrogens is 323 g/mol. The Bertz CT molecular complexity index is 631. The molecule has 1 heterocycles. The van der Waals surface area contributed by atoms with Gasteiger partial charge in [-0.1, -0.05) is 29.2 Å². The lowest BCUT2D eigenvalue weighted by Gasteiger charge is -2.17. The number of carbonyl (C=O) groups excluding carboxylic acids is 1. The first-order valence-corrected chi connectivity index (χ1v) is 8.69. The molecule has 1 aromatic carbocycles. The Morgan fingerprint density at radius 3 is 2.82 bits per heavy atom. The topological polar surface area (TPSA) is 58.1 Å². The predicted molar refractivity (Wildman–Crippen MR) is 88.2 cm³/mol. The molecule has 5 nitrogen and oxygen atoms in total. The number of aromatic nitrogens is 2. The minimum Gasteiger partial charge on any atom is -0.343 e. The minimum absolute atomic E-state index is 0.0878. The first-order chi connectivity index (χ1) is 10.6. The molecular formula is C14H17FN4OS2. The number of rotatable bonds is 7. The van der Waals surface area contributed by atoms with Gasteiger partial charge in [-0.15, -0.1) is 10.2 Å². The second-order valence-electron chi connectivity index (χ2n) is 4.36. The zero-order chi connectivity index (χ0) is 15.9.